The molecule has 2 N–H and O–H groups in total. The number of nitrogens with one attached hydrogen (secondary N) is 1. The van der Waals surface area contributed by atoms with E-state index >= 15 is 0 Å². The topological polar surface area (TPSA) is 75.6 Å². The largest absolute Gasteiger partial charge is 0.479 e. The molecule has 0 unspecified atom stereocenters. The lowest BCUT2D eigenvalue weighted by Gasteiger charge is -2.40. The van der Waals surface area contributed by atoms with Crippen LogP contribution in [0, 0.1) is 0 Å². The Hall–Kier alpha value is -2.89. The van der Waals surface area contributed by atoms with Crippen molar-refractivity contribution < 1.29 is 23.8 Å². The lowest BCUT2D eigenvalue weighted by Crippen LogP contribution is -2.63. The third-order valence-corrected chi connectivity index (χ3v) is 5.23. The molecule has 0 heterocycles. The minimum Gasteiger partial charge on any atom is -0.479 e. The van der Waals surface area contributed by atoms with Gasteiger partial charge in [0.2, 0.25) is 0 Å². The van der Waals surface area contributed by atoms with Crippen molar-refractivity contribution in [2.24, 2.45) is 0 Å². The van der Waals surface area contributed by atoms with Gasteiger partial charge in [-0.15, -0.1) is 0 Å². The number of carboxylic acids is 1. The molecule has 2 aromatic carbocycles. The number of alkyl carbamates (subject to hydrolysis) is 1. The van der Waals surface area contributed by atoms with Crippen LogP contribution in [0.5, 0.6) is 0 Å². The van der Waals surface area contributed by atoms with Gasteiger partial charge in [-0.05, 0) is 22.3 Å². The molecule has 2 aromatic rings. The van der Waals surface area contributed by atoms with Crippen molar-refractivity contribution >= 4 is 12.1 Å². The van der Waals surface area contributed by atoms with Gasteiger partial charge in [-0.2, -0.15) is 0 Å². The van der Waals surface area contributed by atoms with E-state index < -0.39 is 23.8 Å². The number of alkyl halides is 1. The smallest absolute Gasteiger partial charge is 0.408 e. The Morgan fingerprint density at radius 3 is 2.12 bits per heavy atom. The monoisotopic (exact) mass is 355 g/mol. The summed E-state index contributed by atoms with van der Waals surface area (Å²) in [4.78, 5) is 23.5. The molecule has 0 aliphatic heterocycles. The molecule has 2 aliphatic rings. The van der Waals surface area contributed by atoms with E-state index in [4.69, 9.17) is 4.74 Å². The van der Waals surface area contributed by atoms with Crippen molar-refractivity contribution in [1.29, 1.82) is 0 Å². The minimum absolute atomic E-state index is 0.0919. The molecule has 1 amide bonds. The number of carboxylic acid groups (broad SMARTS) is 1. The van der Waals surface area contributed by atoms with Gasteiger partial charge in [0.15, 0.2) is 0 Å². The summed E-state index contributed by atoms with van der Waals surface area (Å²) in [7, 11) is 0. The lowest BCUT2D eigenvalue weighted by atomic mass is 9.75. The minimum atomic E-state index is -1.55. The van der Waals surface area contributed by atoms with E-state index in [1.165, 1.54) is 0 Å². The van der Waals surface area contributed by atoms with Crippen LogP contribution in [-0.4, -0.2) is 35.5 Å². The summed E-state index contributed by atoms with van der Waals surface area (Å²) in [6, 6.07) is 15.9. The van der Waals surface area contributed by atoms with Gasteiger partial charge in [-0.25, -0.2) is 14.0 Å². The molecule has 5 nitrogen and oxygen atoms in total. The van der Waals surface area contributed by atoms with Crippen molar-refractivity contribution in [3.63, 3.8) is 0 Å². The van der Waals surface area contributed by atoms with Gasteiger partial charge in [0, 0.05) is 18.8 Å². The predicted octanol–water partition coefficient (Wildman–Crippen LogP) is 3.48. The second-order valence-corrected chi connectivity index (χ2v) is 6.84. The van der Waals surface area contributed by atoms with E-state index in [2.05, 4.69) is 5.32 Å². The average Bonchev–Trinajstić information content (AvgIpc) is 2.92. The van der Waals surface area contributed by atoms with Crippen molar-refractivity contribution in [2.75, 3.05) is 6.61 Å². The van der Waals surface area contributed by atoms with Crippen LogP contribution >= 0.6 is 0 Å². The van der Waals surface area contributed by atoms with Gasteiger partial charge < -0.3 is 15.2 Å². The maximum absolute atomic E-state index is 13.1. The molecule has 0 atom stereocenters. The molecule has 1 saturated carbocycles. The number of hydrogen-bond donors (Lipinski definition) is 2. The summed E-state index contributed by atoms with van der Waals surface area (Å²) in [5.41, 5.74) is 2.81. The zero-order valence-electron chi connectivity index (χ0n) is 13.9. The summed E-state index contributed by atoms with van der Waals surface area (Å²) in [6.45, 7) is 0.0919. The molecule has 4 rings (SSSR count). The number of ether oxygens (including phenoxy) is 1. The Morgan fingerprint density at radius 1 is 1.08 bits per heavy atom. The molecule has 0 bridgehead atoms. The maximum Gasteiger partial charge on any atom is 0.408 e. The third-order valence-electron chi connectivity index (χ3n) is 5.23. The van der Waals surface area contributed by atoms with Crippen LogP contribution in [0.4, 0.5) is 9.18 Å². The second-order valence-electron chi connectivity index (χ2n) is 6.84. The van der Waals surface area contributed by atoms with Gasteiger partial charge in [0.05, 0.1) is 0 Å². The zero-order valence-corrected chi connectivity index (χ0v) is 13.9. The number of fused-ring (bicyclic) bond motifs is 3. The molecule has 134 valence electrons. The summed E-state index contributed by atoms with van der Waals surface area (Å²) < 4.78 is 18.5. The molecule has 6 heteroatoms. The highest BCUT2D eigenvalue weighted by atomic mass is 19.1. The molecular formula is C20H18FNO4. The first-order valence-corrected chi connectivity index (χ1v) is 8.51. The lowest BCUT2D eigenvalue weighted by molar-refractivity contribution is -0.151. The first kappa shape index (κ1) is 16.6. The van der Waals surface area contributed by atoms with Crippen LogP contribution in [0.3, 0.4) is 0 Å². The number of amides is 1. The quantitative estimate of drug-likeness (QED) is 0.880. The Labute approximate surface area is 149 Å². The van der Waals surface area contributed by atoms with E-state index in [1.807, 2.05) is 48.5 Å². The Morgan fingerprint density at radius 2 is 1.62 bits per heavy atom. The number of aliphatic carboxylic acids is 1. The summed E-state index contributed by atoms with van der Waals surface area (Å²) in [5, 5.41) is 11.6. The zero-order chi connectivity index (χ0) is 18.3. The average molecular weight is 355 g/mol. The number of carbonyl (C=O) groups is 2. The molecule has 0 radical (unpaired) electrons. The molecule has 0 spiro atoms. The molecular weight excluding hydrogens is 337 g/mol. The molecule has 0 saturated heterocycles. The van der Waals surface area contributed by atoms with E-state index in [0.29, 0.717) is 0 Å². The van der Waals surface area contributed by atoms with Crippen LogP contribution in [-0.2, 0) is 9.53 Å². The fourth-order valence-electron chi connectivity index (χ4n) is 3.86. The highest BCUT2D eigenvalue weighted by Crippen LogP contribution is 2.44. The van der Waals surface area contributed by atoms with Gasteiger partial charge in [-0.3, -0.25) is 0 Å². The van der Waals surface area contributed by atoms with E-state index in [1.54, 1.807) is 0 Å². The standard InChI is InChI=1S/C20H18FNO4/c21-12-9-20(10-12,18(23)24)22-19(25)26-11-17-15-7-3-1-5-13(15)14-6-2-4-8-16(14)17/h1-8,12,17H,9-11H2,(H,22,25)(H,23,24). The maximum atomic E-state index is 13.1. The molecule has 2 aliphatic carbocycles. The SMILES string of the molecule is O=C(NC1(C(=O)O)CC(F)C1)OCC1c2ccccc2-c2ccccc21. The predicted molar refractivity (Wildman–Crippen MR) is 92.7 cm³/mol. The highest BCUT2D eigenvalue weighted by molar-refractivity contribution is 5.86. The normalized spacial score (nSPS) is 23.5. The number of rotatable bonds is 4. The van der Waals surface area contributed by atoms with Gasteiger partial charge >= 0.3 is 12.1 Å². The van der Waals surface area contributed by atoms with Gasteiger partial charge in [0.1, 0.15) is 18.3 Å². The van der Waals surface area contributed by atoms with E-state index in [-0.39, 0.29) is 25.4 Å². The first-order valence-electron chi connectivity index (χ1n) is 8.51. The molecule has 0 aromatic heterocycles. The van der Waals surface area contributed by atoms with Crippen LogP contribution in [0.1, 0.15) is 29.9 Å². The molecule has 26 heavy (non-hydrogen) atoms. The van der Waals surface area contributed by atoms with E-state index in [0.717, 1.165) is 22.3 Å². The third kappa shape index (κ3) is 2.62. The first-order chi connectivity index (χ1) is 12.5. The second kappa shape index (κ2) is 6.12. The van der Waals surface area contributed by atoms with Crippen LogP contribution in [0.2, 0.25) is 0 Å². The number of carbonyl (C=O) groups excluding carboxylic acids is 1. The van der Waals surface area contributed by atoms with Crippen LogP contribution in [0.15, 0.2) is 48.5 Å². The Bertz CT molecular complexity index is 830. The fourth-order valence-corrected chi connectivity index (χ4v) is 3.86. The van der Waals surface area contributed by atoms with Crippen LogP contribution < -0.4 is 5.32 Å². The van der Waals surface area contributed by atoms with Crippen molar-refractivity contribution in [1.82, 2.24) is 5.32 Å². The van der Waals surface area contributed by atoms with Gasteiger partial charge in [-0.1, -0.05) is 48.5 Å². The van der Waals surface area contributed by atoms with Crippen LogP contribution in [0.25, 0.3) is 11.1 Å². The number of hydrogen-bond acceptors (Lipinski definition) is 3. The van der Waals surface area contributed by atoms with E-state index in [9.17, 15) is 19.1 Å². The Balaban J connectivity index is 1.48. The van der Waals surface area contributed by atoms with Crippen molar-refractivity contribution in [2.45, 2.75) is 30.5 Å². The van der Waals surface area contributed by atoms with Crippen molar-refractivity contribution in [3.8, 4) is 11.1 Å². The van der Waals surface area contributed by atoms with Crippen molar-refractivity contribution in [3.05, 3.63) is 59.7 Å². The fraction of sp³-hybridized carbons (Fsp3) is 0.300. The highest BCUT2D eigenvalue weighted by Gasteiger charge is 2.52. The Kier molecular flexibility index (Phi) is 3.90. The molecule has 1 fully saturated rings. The summed E-state index contributed by atoms with van der Waals surface area (Å²) in [5.74, 6) is -1.34. The van der Waals surface area contributed by atoms with Gasteiger partial charge in [0.25, 0.3) is 0 Å². The summed E-state index contributed by atoms with van der Waals surface area (Å²) >= 11 is 0. The number of benzene rings is 2. The summed E-state index contributed by atoms with van der Waals surface area (Å²) in [6.07, 6.45) is -2.50. The number of halogens is 1.